The molecule has 0 fully saturated rings. The van der Waals surface area contributed by atoms with Crippen LogP contribution in [0.2, 0.25) is 0 Å². The van der Waals surface area contributed by atoms with Crippen molar-refractivity contribution in [3.8, 4) is 0 Å². The zero-order valence-electron chi connectivity index (χ0n) is 18.8. The number of aliphatic imine (C=N–C) groups is 1. The van der Waals surface area contributed by atoms with Gasteiger partial charge in [0.1, 0.15) is 5.58 Å². The largest absolute Gasteiger partial charge is 0.437 e. The molecule has 2 aromatic carbocycles. The van der Waals surface area contributed by atoms with Crippen LogP contribution in [0.5, 0.6) is 0 Å². The Hall–Kier alpha value is -3.46. The van der Waals surface area contributed by atoms with Crippen molar-refractivity contribution in [2.75, 3.05) is 7.05 Å². The molecule has 0 aliphatic rings. The van der Waals surface area contributed by atoms with Crippen LogP contribution >= 0.6 is 0 Å². The Labute approximate surface area is 183 Å². The van der Waals surface area contributed by atoms with Gasteiger partial charge in [0.05, 0.1) is 0 Å². The number of allylic oxidation sites excluding steroid dienone is 4. The van der Waals surface area contributed by atoms with Gasteiger partial charge in [0.2, 0.25) is 5.71 Å². The smallest absolute Gasteiger partial charge is 0.227 e. The second kappa shape index (κ2) is 8.73. The summed E-state index contributed by atoms with van der Waals surface area (Å²) in [6, 6.07) is 17.1. The zero-order chi connectivity index (χ0) is 22.0. The lowest BCUT2D eigenvalue weighted by Gasteiger charge is -2.14. The number of aromatic nitrogens is 1. The van der Waals surface area contributed by atoms with Gasteiger partial charge in [-0.2, -0.15) is 0 Å². The van der Waals surface area contributed by atoms with Gasteiger partial charge in [0.15, 0.2) is 0 Å². The molecule has 0 aliphatic carbocycles. The first-order chi connectivity index (χ1) is 15.0. The molecule has 4 rings (SSSR count). The summed E-state index contributed by atoms with van der Waals surface area (Å²) in [5.41, 5.74) is 8.71. The molecule has 0 spiro atoms. The van der Waals surface area contributed by atoms with Crippen LogP contribution in [0.25, 0.3) is 33.2 Å². The fraction of sp³-hybridized carbons (Fsp3) is 0.214. The summed E-state index contributed by atoms with van der Waals surface area (Å²) >= 11 is 0. The van der Waals surface area contributed by atoms with E-state index in [1.165, 1.54) is 22.3 Å². The van der Waals surface area contributed by atoms with Crippen LogP contribution in [0.4, 0.5) is 0 Å². The highest BCUT2D eigenvalue weighted by Gasteiger charge is 2.17. The van der Waals surface area contributed by atoms with Crippen LogP contribution in [-0.4, -0.2) is 18.2 Å². The number of pyridine rings is 1. The highest BCUT2D eigenvalue weighted by molar-refractivity contribution is 6.10. The lowest BCUT2D eigenvalue weighted by molar-refractivity contribution is 0.652. The van der Waals surface area contributed by atoms with Gasteiger partial charge in [-0.1, -0.05) is 56.3 Å². The monoisotopic (exact) mass is 408 g/mol. The summed E-state index contributed by atoms with van der Waals surface area (Å²) in [5, 5.41) is 2.14. The van der Waals surface area contributed by atoms with E-state index in [4.69, 9.17) is 4.42 Å². The summed E-state index contributed by atoms with van der Waals surface area (Å²) in [6.45, 7) is 8.76. The van der Waals surface area contributed by atoms with Gasteiger partial charge in [-0.05, 0) is 65.8 Å². The molecule has 0 N–H and O–H groups in total. The first-order valence-electron chi connectivity index (χ1n) is 10.7. The van der Waals surface area contributed by atoms with E-state index in [1.807, 2.05) is 18.4 Å². The van der Waals surface area contributed by atoms with Gasteiger partial charge in [-0.25, -0.2) is 4.98 Å². The highest BCUT2D eigenvalue weighted by Crippen LogP contribution is 2.38. The van der Waals surface area contributed by atoms with Crippen molar-refractivity contribution in [2.24, 2.45) is 4.99 Å². The third-order valence-corrected chi connectivity index (χ3v) is 5.77. The summed E-state index contributed by atoms with van der Waals surface area (Å²) in [7, 11) is 1.78. The second-order valence-electron chi connectivity index (χ2n) is 8.18. The van der Waals surface area contributed by atoms with Gasteiger partial charge >= 0.3 is 0 Å². The number of rotatable bonds is 5. The van der Waals surface area contributed by atoms with E-state index in [2.05, 4.69) is 86.2 Å². The molecule has 0 saturated heterocycles. The predicted molar refractivity (Wildman–Crippen MR) is 133 cm³/mol. The fourth-order valence-electron chi connectivity index (χ4n) is 4.10. The average molecular weight is 409 g/mol. The minimum absolute atomic E-state index is 0.467. The van der Waals surface area contributed by atoms with Crippen molar-refractivity contribution in [2.45, 2.75) is 33.6 Å². The van der Waals surface area contributed by atoms with Crippen LogP contribution in [0, 0.1) is 6.92 Å². The average Bonchev–Trinajstić information content (AvgIpc) is 3.15. The summed E-state index contributed by atoms with van der Waals surface area (Å²) < 4.78 is 6.26. The standard InChI is InChI=1S/C28H28N2O/c1-18(2)21-9-6-10-22(17-21)23(11-7-15-29-5)20(4)26-19(3)13-14-24-25-12-8-16-30-28(25)31-27(24)26/h6-18H,1-5H3/b11-7-,23-20-,29-15+. The molecule has 0 radical (unpaired) electrons. The van der Waals surface area contributed by atoms with Gasteiger partial charge in [-0.15, -0.1) is 0 Å². The number of furan rings is 1. The first-order valence-corrected chi connectivity index (χ1v) is 10.7. The van der Waals surface area contributed by atoms with Gasteiger partial charge in [0, 0.05) is 35.8 Å². The van der Waals surface area contributed by atoms with Crippen LogP contribution in [0.1, 0.15) is 48.9 Å². The molecule has 3 nitrogen and oxygen atoms in total. The summed E-state index contributed by atoms with van der Waals surface area (Å²) in [4.78, 5) is 8.54. The highest BCUT2D eigenvalue weighted by atomic mass is 16.3. The molecular formula is C28H28N2O. The van der Waals surface area contributed by atoms with E-state index in [9.17, 15) is 0 Å². The molecule has 156 valence electrons. The maximum Gasteiger partial charge on any atom is 0.227 e. The van der Waals surface area contributed by atoms with Crippen molar-refractivity contribution in [3.63, 3.8) is 0 Å². The number of hydrogen-bond donors (Lipinski definition) is 0. The zero-order valence-corrected chi connectivity index (χ0v) is 18.8. The Morgan fingerprint density at radius 3 is 2.68 bits per heavy atom. The Morgan fingerprint density at radius 2 is 1.90 bits per heavy atom. The van der Waals surface area contributed by atoms with E-state index >= 15 is 0 Å². The number of hydrogen-bond acceptors (Lipinski definition) is 3. The van der Waals surface area contributed by atoms with Gasteiger partial charge in [0.25, 0.3) is 0 Å². The maximum absolute atomic E-state index is 6.26. The van der Waals surface area contributed by atoms with E-state index in [-0.39, 0.29) is 0 Å². The molecule has 3 heteroatoms. The molecular weight excluding hydrogens is 380 g/mol. The van der Waals surface area contributed by atoms with E-state index < -0.39 is 0 Å². The van der Waals surface area contributed by atoms with Crippen molar-refractivity contribution in [1.29, 1.82) is 0 Å². The number of benzene rings is 2. The molecule has 4 aromatic rings. The molecule has 0 amide bonds. The van der Waals surface area contributed by atoms with E-state index in [0.717, 1.165) is 27.5 Å². The Bertz CT molecular complexity index is 1340. The van der Waals surface area contributed by atoms with Crippen molar-refractivity contribution >= 4 is 39.4 Å². The molecule has 2 heterocycles. The Morgan fingerprint density at radius 1 is 1.06 bits per heavy atom. The first kappa shape index (κ1) is 20.8. The maximum atomic E-state index is 6.26. The number of nitrogens with zero attached hydrogens (tertiary/aromatic N) is 2. The SMILES string of the molecule is C/N=C/C=C\C(=C(/C)c1c(C)ccc2c1oc1ncccc12)c1cccc(C(C)C)c1. The quantitative estimate of drug-likeness (QED) is 0.194. The Balaban J connectivity index is 2.02. The third-order valence-electron chi connectivity index (χ3n) is 5.77. The second-order valence-corrected chi connectivity index (χ2v) is 8.18. The van der Waals surface area contributed by atoms with Crippen LogP contribution in [-0.2, 0) is 0 Å². The lowest BCUT2D eigenvalue weighted by Crippen LogP contribution is -1.94. The predicted octanol–water partition coefficient (Wildman–Crippen LogP) is 7.60. The molecule has 0 bridgehead atoms. The van der Waals surface area contributed by atoms with Crippen molar-refractivity contribution in [3.05, 3.63) is 89.1 Å². The topological polar surface area (TPSA) is 38.4 Å². The Kier molecular flexibility index (Phi) is 5.85. The lowest BCUT2D eigenvalue weighted by atomic mass is 9.90. The molecule has 0 saturated carbocycles. The minimum atomic E-state index is 0.467. The molecule has 31 heavy (non-hydrogen) atoms. The normalized spacial score (nSPS) is 13.2. The molecule has 0 atom stereocenters. The van der Waals surface area contributed by atoms with Gasteiger partial charge in [-0.3, -0.25) is 4.99 Å². The number of aryl methyl sites for hydroxylation is 1. The minimum Gasteiger partial charge on any atom is -0.437 e. The summed E-state index contributed by atoms with van der Waals surface area (Å²) in [6.07, 6.45) is 7.73. The van der Waals surface area contributed by atoms with Crippen LogP contribution in [0.15, 0.2) is 76.3 Å². The van der Waals surface area contributed by atoms with Gasteiger partial charge < -0.3 is 4.42 Å². The summed E-state index contributed by atoms with van der Waals surface area (Å²) in [5.74, 6) is 0.467. The van der Waals surface area contributed by atoms with Crippen molar-refractivity contribution < 1.29 is 4.42 Å². The molecule has 2 aromatic heterocycles. The third kappa shape index (κ3) is 3.96. The molecule has 0 unspecified atom stereocenters. The van der Waals surface area contributed by atoms with Crippen LogP contribution < -0.4 is 0 Å². The number of fused-ring (bicyclic) bond motifs is 3. The van der Waals surface area contributed by atoms with Crippen LogP contribution in [0.3, 0.4) is 0 Å². The van der Waals surface area contributed by atoms with E-state index in [1.54, 1.807) is 13.2 Å². The fourth-order valence-corrected chi connectivity index (χ4v) is 4.10. The molecule has 0 aliphatic heterocycles. The van der Waals surface area contributed by atoms with E-state index in [0.29, 0.717) is 11.6 Å². The van der Waals surface area contributed by atoms with Crippen molar-refractivity contribution in [1.82, 2.24) is 4.98 Å².